The molecule has 2 aromatic carbocycles. The van der Waals surface area contributed by atoms with Crippen molar-refractivity contribution in [2.45, 2.75) is 12.8 Å². The number of hydrogen-bond donors (Lipinski definition) is 2. The van der Waals surface area contributed by atoms with Gasteiger partial charge in [0.15, 0.2) is 11.5 Å². The summed E-state index contributed by atoms with van der Waals surface area (Å²) in [6, 6.07) is 14.5. The standard InChI is InChI=1S/C21H22N2O2S2/c26-21(22-9-7-16-14-23-18-4-2-1-3-17(16)18)27-12-8-15-5-6-19-20(13-15)25-11-10-24-19/h1-6,13-14,23H,7-12H2,(H,22,26). The van der Waals surface area contributed by atoms with Crippen LogP contribution in [-0.4, -0.2) is 34.8 Å². The van der Waals surface area contributed by atoms with E-state index >= 15 is 0 Å². The molecule has 0 saturated carbocycles. The van der Waals surface area contributed by atoms with Gasteiger partial charge in [-0.2, -0.15) is 0 Å². The normalized spacial score (nSPS) is 12.9. The van der Waals surface area contributed by atoms with Gasteiger partial charge in [-0.15, -0.1) is 0 Å². The number of nitrogens with one attached hydrogen (secondary N) is 2. The lowest BCUT2D eigenvalue weighted by Crippen LogP contribution is -2.21. The Morgan fingerprint density at radius 1 is 1.07 bits per heavy atom. The van der Waals surface area contributed by atoms with Crippen molar-refractivity contribution in [3.63, 3.8) is 0 Å². The number of para-hydroxylation sites is 1. The van der Waals surface area contributed by atoms with Crippen molar-refractivity contribution in [3.05, 3.63) is 59.8 Å². The molecule has 1 aromatic heterocycles. The van der Waals surface area contributed by atoms with E-state index in [4.69, 9.17) is 21.7 Å². The van der Waals surface area contributed by atoms with Crippen molar-refractivity contribution in [2.75, 3.05) is 25.5 Å². The van der Waals surface area contributed by atoms with Crippen LogP contribution >= 0.6 is 24.0 Å². The smallest absolute Gasteiger partial charge is 0.161 e. The molecule has 0 saturated heterocycles. The van der Waals surface area contributed by atoms with E-state index < -0.39 is 0 Å². The van der Waals surface area contributed by atoms with Crippen molar-refractivity contribution in [3.8, 4) is 11.5 Å². The van der Waals surface area contributed by atoms with Crippen LogP contribution in [-0.2, 0) is 12.8 Å². The number of benzene rings is 2. The number of ether oxygens (including phenoxy) is 2. The summed E-state index contributed by atoms with van der Waals surface area (Å²) in [5, 5.41) is 4.65. The number of aromatic amines is 1. The lowest BCUT2D eigenvalue weighted by atomic mass is 10.1. The molecule has 4 rings (SSSR count). The molecule has 3 aromatic rings. The molecule has 0 fully saturated rings. The topological polar surface area (TPSA) is 46.3 Å². The minimum atomic E-state index is 0.621. The van der Waals surface area contributed by atoms with Crippen LogP contribution in [0.5, 0.6) is 11.5 Å². The first-order valence-electron chi connectivity index (χ1n) is 9.14. The van der Waals surface area contributed by atoms with Gasteiger partial charge in [0.05, 0.1) is 0 Å². The number of H-pyrrole nitrogens is 1. The van der Waals surface area contributed by atoms with Gasteiger partial charge in [0.1, 0.15) is 17.5 Å². The highest BCUT2D eigenvalue weighted by molar-refractivity contribution is 8.22. The van der Waals surface area contributed by atoms with Crippen LogP contribution in [0.15, 0.2) is 48.7 Å². The minimum Gasteiger partial charge on any atom is -0.486 e. The Labute approximate surface area is 168 Å². The van der Waals surface area contributed by atoms with Crippen molar-refractivity contribution in [2.24, 2.45) is 0 Å². The van der Waals surface area contributed by atoms with Crippen molar-refractivity contribution in [1.82, 2.24) is 10.3 Å². The van der Waals surface area contributed by atoms with Gasteiger partial charge in [-0.25, -0.2) is 0 Å². The summed E-state index contributed by atoms with van der Waals surface area (Å²) in [4.78, 5) is 3.32. The Hall–Kier alpha value is -2.18. The fourth-order valence-electron chi connectivity index (χ4n) is 3.19. The first-order valence-corrected chi connectivity index (χ1v) is 10.5. The molecule has 2 N–H and O–H groups in total. The second kappa shape index (κ2) is 8.67. The van der Waals surface area contributed by atoms with E-state index in [9.17, 15) is 0 Å². The van der Waals surface area contributed by atoms with Gasteiger partial charge < -0.3 is 19.8 Å². The second-order valence-corrected chi connectivity index (χ2v) is 8.17. The first-order chi connectivity index (χ1) is 13.3. The summed E-state index contributed by atoms with van der Waals surface area (Å²) in [6.45, 7) is 2.09. The molecule has 0 radical (unpaired) electrons. The Morgan fingerprint density at radius 2 is 1.93 bits per heavy atom. The highest BCUT2D eigenvalue weighted by Gasteiger charge is 2.11. The molecule has 4 nitrogen and oxygen atoms in total. The van der Waals surface area contributed by atoms with Crippen LogP contribution in [0.4, 0.5) is 0 Å². The third-order valence-electron chi connectivity index (χ3n) is 4.57. The zero-order valence-electron chi connectivity index (χ0n) is 15.0. The van der Waals surface area contributed by atoms with Gasteiger partial charge >= 0.3 is 0 Å². The Morgan fingerprint density at radius 3 is 2.85 bits per heavy atom. The van der Waals surface area contributed by atoms with Gasteiger partial charge in [-0.05, 0) is 42.2 Å². The summed E-state index contributed by atoms with van der Waals surface area (Å²) in [5.41, 5.74) is 3.75. The number of rotatable bonds is 6. The van der Waals surface area contributed by atoms with Crippen molar-refractivity contribution >= 4 is 39.2 Å². The van der Waals surface area contributed by atoms with Gasteiger partial charge in [-0.1, -0.05) is 48.2 Å². The fraction of sp³-hybridized carbons (Fsp3) is 0.286. The largest absolute Gasteiger partial charge is 0.486 e. The predicted molar refractivity (Wildman–Crippen MR) is 116 cm³/mol. The molecule has 1 aliphatic heterocycles. The van der Waals surface area contributed by atoms with Crippen LogP contribution < -0.4 is 14.8 Å². The van der Waals surface area contributed by atoms with E-state index in [1.807, 2.05) is 12.1 Å². The quantitative estimate of drug-likeness (QED) is 0.605. The van der Waals surface area contributed by atoms with Crippen LogP contribution in [0, 0.1) is 0 Å². The molecule has 6 heteroatoms. The molecule has 0 unspecified atom stereocenters. The predicted octanol–water partition coefficient (Wildman–Crippen LogP) is 4.33. The van der Waals surface area contributed by atoms with Crippen LogP contribution in [0.1, 0.15) is 11.1 Å². The highest BCUT2D eigenvalue weighted by atomic mass is 32.2. The maximum absolute atomic E-state index is 5.64. The molecule has 0 bridgehead atoms. The lowest BCUT2D eigenvalue weighted by Gasteiger charge is -2.18. The number of aryl methyl sites for hydroxylation is 1. The molecule has 2 heterocycles. The van der Waals surface area contributed by atoms with Crippen LogP contribution in [0.2, 0.25) is 0 Å². The summed E-state index contributed by atoms with van der Waals surface area (Å²) in [6.07, 6.45) is 3.99. The zero-order chi connectivity index (χ0) is 18.5. The molecule has 0 amide bonds. The number of aromatic nitrogens is 1. The molecule has 0 spiro atoms. The van der Waals surface area contributed by atoms with Crippen LogP contribution in [0.3, 0.4) is 0 Å². The van der Waals surface area contributed by atoms with Gasteiger partial charge in [-0.3, -0.25) is 0 Å². The number of hydrogen-bond acceptors (Lipinski definition) is 4. The molecule has 1 aliphatic rings. The maximum atomic E-state index is 5.64. The van der Waals surface area contributed by atoms with E-state index in [2.05, 4.69) is 46.8 Å². The Bertz CT molecular complexity index is 939. The second-order valence-electron chi connectivity index (χ2n) is 6.40. The van der Waals surface area contributed by atoms with E-state index in [1.54, 1.807) is 11.8 Å². The lowest BCUT2D eigenvalue weighted by molar-refractivity contribution is 0.171. The van der Waals surface area contributed by atoms with Gasteiger partial charge in [0.25, 0.3) is 0 Å². The minimum absolute atomic E-state index is 0.621. The third-order valence-corrected chi connectivity index (χ3v) is 5.88. The number of thioether (sulfide) groups is 1. The van der Waals surface area contributed by atoms with Crippen molar-refractivity contribution < 1.29 is 9.47 Å². The third kappa shape index (κ3) is 4.57. The van der Waals surface area contributed by atoms with E-state index in [-0.39, 0.29) is 0 Å². The van der Waals surface area contributed by atoms with E-state index in [1.165, 1.54) is 22.0 Å². The summed E-state index contributed by atoms with van der Waals surface area (Å²) >= 11 is 7.15. The number of fused-ring (bicyclic) bond motifs is 2. The first kappa shape index (κ1) is 18.2. The molecular formula is C21H22N2O2S2. The molecular weight excluding hydrogens is 376 g/mol. The molecule has 0 atom stereocenters. The average molecular weight is 399 g/mol. The molecule has 27 heavy (non-hydrogen) atoms. The zero-order valence-corrected chi connectivity index (χ0v) is 16.6. The summed E-state index contributed by atoms with van der Waals surface area (Å²) < 4.78 is 12.1. The summed E-state index contributed by atoms with van der Waals surface area (Å²) in [7, 11) is 0. The fourth-order valence-corrected chi connectivity index (χ4v) is 4.27. The van der Waals surface area contributed by atoms with Crippen LogP contribution in [0.25, 0.3) is 10.9 Å². The Kier molecular flexibility index (Phi) is 5.84. The van der Waals surface area contributed by atoms with Gasteiger partial charge in [0.2, 0.25) is 0 Å². The Balaban J connectivity index is 1.20. The van der Waals surface area contributed by atoms with Crippen molar-refractivity contribution in [1.29, 1.82) is 0 Å². The molecule has 140 valence electrons. The van der Waals surface area contributed by atoms with E-state index in [0.717, 1.165) is 41.0 Å². The highest BCUT2D eigenvalue weighted by Crippen LogP contribution is 2.31. The molecule has 0 aliphatic carbocycles. The maximum Gasteiger partial charge on any atom is 0.161 e. The monoisotopic (exact) mass is 398 g/mol. The summed E-state index contributed by atoms with van der Waals surface area (Å²) in [5.74, 6) is 2.63. The SMILES string of the molecule is S=C(NCCc1c[nH]c2ccccc12)SCCc1ccc2c(c1)OCCO2. The number of thiocarbonyl (C=S) groups is 1. The average Bonchev–Trinajstić information content (AvgIpc) is 3.11. The van der Waals surface area contributed by atoms with Gasteiger partial charge in [0, 0.05) is 29.4 Å². The van der Waals surface area contributed by atoms with E-state index in [0.29, 0.717) is 13.2 Å².